The van der Waals surface area contributed by atoms with Gasteiger partial charge in [-0.15, -0.1) is 0 Å². The lowest BCUT2D eigenvalue weighted by atomic mass is 10.3. The molecule has 0 amide bonds. The number of hydrazone groups is 1. The van der Waals surface area contributed by atoms with Gasteiger partial charge < -0.3 is 5.73 Å². The van der Waals surface area contributed by atoms with Gasteiger partial charge in [-0.3, -0.25) is 10.8 Å². The van der Waals surface area contributed by atoms with Gasteiger partial charge in [0.1, 0.15) is 11.9 Å². The van der Waals surface area contributed by atoms with Crippen LogP contribution in [-0.4, -0.2) is 11.5 Å². The van der Waals surface area contributed by atoms with Crippen LogP contribution in [0.3, 0.4) is 0 Å². The molecule has 1 rings (SSSR count). The van der Waals surface area contributed by atoms with Gasteiger partial charge in [0, 0.05) is 4.47 Å². The van der Waals surface area contributed by atoms with Crippen molar-refractivity contribution in [1.29, 1.82) is 10.7 Å². The second kappa shape index (κ2) is 5.23. The number of halogens is 2. The molecular formula is C9H7BrFN5. The summed E-state index contributed by atoms with van der Waals surface area (Å²) in [5.41, 5.74) is 7.60. The van der Waals surface area contributed by atoms with Crippen LogP contribution in [0.1, 0.15) is 0 Å². The summed E-state index contributed by atoms with van der Waals surface area (Å²) in [4.78, 5) is 0. The predicted molar refractivity (Wildman–Crippen MR) is 62.7 cm³/mol. The SMILES string of the molecule is N#C/C(=N\Nc1cc(F)ccc1Br)C(=N)N. The van der Waals surface area contributed by atoms with Crippen LogP contribution in [0.15, 0.2) is 27.8 Å². The largest absolute Gasteiger partial charge is 0.382 e. The molecule has 0 aliphatic carbocycles. The predicted octanol–water partition coefficient (Wildman–Crippen LogP) is 1.82. The molecular weight excluding hydrogens is 277 g/mol. The molecule has 0 fully saturated rings. The Balaban J connectivity index is 2.94. The van der Waals surface area contributed by atoms with E-state index in [0.29, 0.717) is 10.2 Å². The summed E-state index contributed by atoms with van der Waals surface area (Å²) in [6.07, 6.45) is 0. The second-order valence-corrected chi connectivity index (χ2v) is 3.58. The Morgan fingerprint density at radius 3 is 2.88 bits per heavy atom. The summed E-state index contributed by atoms with van der Waals surface area (Å²) in [5.74, 6) is -0.898. The third-order valence-electron chi connectivity index (χ3n) is 1.58. The average molecular weight is 284 g/mol. The van der Waals surface area contributed by atoms with E-state index in [1.165, 1.54) is 18.2 Å². The van der Waals surface area contributed by atoms with E-state index in [9.17, 15) is 4.39 Å². The van der Waals surface area contributed by atoms with Gasteiger partial charge >= 0.3 is 0 Å². The standard InChI is InChI=1S/C9H7BrFN5/c10-6-2-1-5(11)3-7(6)15-16-8(4-12)9(13)14/h1-3,15H,(H3,13,14)/b16-8+. The van der Waals surface area contributed by atoms with Crippen LogP contribution in [0.4, 0.5) is 10.1 Å². The third-order valence-corrected chi connectivity index (χ3v) is 2.27. The van der Waals surface area contributed by atoms with Gasteiger partial charge in [-0.1, -0.05) is 0 Å². The van der Waals surface area contributed by atoms with Crippen molar-refractivity contribution in [2.45, 2.75) is 0 Å². The molecule has 0 radical (unpaired) electrons. The minimum Gasteiger partial charge on any atom is -0.382 e. The number of nitrogens with one attached hydrogen (secondary N) is 2. The minimum absolute atomic E-state index is 0.267. The van der Waals surface area contributed by atoms with Crippen molar-refractivity contribution < 1.29 is 4.39 Å². The molecule has 4 N–H and O–H groups in total. The summed E-state index contributed by atoms with van der Waals surface area (Å²) in [5, 5.41) is 19.2. The average Bonchev–Trinajstić information content (AvgIpc) is 2.23. The topological polar surface area (TPSA) is 98.0 Å². The zero-order valence-electron chi connectivity index (χ0n) is 7.96. The molecule has 82 valence electrons. The monoisotopic (exact) mass is 283 g/mol. The summed E-state index contributed by atoms with van der Waals surface area (Å²) in [7, 11) is 0. The van der Waals surface area contributed by atoms with E-state index in [-0.39, 0.29) is 5.71 Å². The first kappa shape index (κ1) is 12.1. The third kappa shape index (κ3) is 3.03. The van der Waals surface area contributed by atoms with Crippen LogP contribution in [0.25, 0.3) is 0 Å². The first-order valence-electron chi connectivity index (χ1n) is 4.08. The second-order valence-electron chi connectivity index (χ2n) is 2.72. The lowest BCUT2D eigenvalue weighted by Crippen LogP contribution is -2.21. The van der Waals surface area contributed by atoms with Crippen molar-refractivity contribution in [3.8, 4) is 6.07 Å². The number of anilines is 1. The Hall–Kier alpha value is -1.94. The van der Waals surface area contributed by atoms with Crippen molar-refractivity contribution in [3.05, 3.63) is 28.5 Å². The number of hydrogen-bond donors (Lipinski definition) is 3. The van der Waals surface area contributed by atoms with Gasteiger partial charge in [0.05, 0.1) is 5.69 Å². The molecule has 1 aromatic carbocycles. The number of nitrogens with zero attached hydrogens (tertiary/aromatic N) is 2. The highest BCUT2D eigenvalue weighted by molar-refractivity contribution is 9.10. The Bertz CT molecular complexity index is 491. The maximum Gasteiger partial charge on any atom is 0.201 e. The molecule has 0 unspecified atom stereocenters. The normalized spacial score (nSPS) is 10.7. The van der Waals surface area contributed by atoms with E-state index in [1.807, 2.05) is 0 Å². The highest BCUT2D eigenvalue weighted by Crippen LogP contribution is 2.22. The smallest absolute Gasteiger partial charge is 0.201 e. The van der Waals surface area contributed by atoms with E-state index >= 15 is 0 Å². The van der Waals surface area contributed by atoms with E-state index in [2.05, 4.69) is 26.5 Å². The molecule has 0 spiro atoms. The fourth-order valence-electron chi connectivity index (χ4n) is 0.845. The molecule has 0 saturated carbocycles. The van der Waals surface area contributed by atoms with Gasteiger partial charge in [0.15, 0.2) is 5.84 Å². The van der Waals surface area contributed by atoms with Gasteiger partial charge in [-0.25, -0.2) is 4.39 Å². The summed E-state index contributed by atoms with van der Waals surface area (Å²) >= 11 is 3.17. The van der Waals surface area contributed by atoms with Gasteiger partial charge in [0.2, 0.25) is 5.71 Å². The molecule has 5 nitrogen and oxygen atoms in total. The Morgan fingerprint density at radius 2 is 2.31 bits per heavy atom. The molecule has 0 aliphatic heterocycles. The summed E-state index contributed by atoms with van der Waals surface area (Å²) < 4.78 is 13.5. The molecule has 7 heteroatoms. The lowest BCUT2D eigenvalue weighted by molar-refractivity contribution is 0.628. The van der Waals surface area contributed by atoms with Crippen LogP contribution >= 0.6 is 15.9 Å². The number of hydrogen-bond acceptors (Lipinski definition) is 4. The molecule has 0 saturated heterocycles. The van der Waals surface area contributed by atoms with Crippen molar-refractivity contribution in [2.24, 2.45) is 10.8 Å². The Morgan fingerprint density at radius 1 is 1.62 bits per heavy atom. The van der Waals surface area contributed by atoms with Crippen LogP contribution in [-0.2, 0) is 0 Å². The van der Waals surface area contributed by atoms with Crippen LogP contribution < -0.4 is 11.2 Å². The van der Waals surface area contributed by atoms with E-state index < -0.39 is 11.7 Å². The zero-order chi connectivity index (χ0) is 12.1. The molecule has 0 atom stereocenters. The first-order chi connectivity index (χ1) is 7.54. The maximum absolute atomic E-state index is 12.9. The fourth-order valence-corrected chi connectivity index (χ4v) is 1.18. The zero-order valence-corrected chi connectivity index (χ0v) is 9.55. The van der Waals surface area contributed by atoms with E-state index in [4.69, 9.17) is 16.4 Å². The van der Waals surface area contributed by atoms with Crippen molar-refractivity contribution in [2.75, 3.05) is 5.43 Å². The van der Waals surface area contributed by atoms with Crippen molar-refractivity contribution >= 4 is 33.2 Å². The Kier molecular flexibility index (Phi) is 3.96. The molecule has 1 aromatic rings. The number of nitrogens with two attached hydrogens (primary N) is 1. The first-order valence-corrected chi connectivity index (χ1v) is 4.87. The lowest BCUT2D eigenvalue weighted by Gasteiger charge is -2.03. The van der Waals surface area contributed by atoms with Gasteiger partial charge in [-0.05, 0) is 34.1 Å². The van der Waals surface area contributed by atoms with Gasteiger partial charge in [0.25, 0.3) is 0 Å². The Labute approximate surface area is 99.4 Å². The fraction of sp³-hybridized carbons (Fsp3) is 0. The molecule has 0 aliphatic rings. The molecule has 16 heavy (non-hydrogen) atoms. The van der Waals surface area contributed by atoms with Gasteiger partial charge in [-0.2, -0.15) is 10.4 Å². The molecule has 0 aromatic heterocycles. The van der Waals surface area contributed by atoms with E-state index in [0.717, 1.165) is 0 Å². The van der Waals surface area contributed by atoms with Crippen LogP contribution in [0.2, 0.25) is 0 Å². The van der Waals surface area contributed by atoms with Crippen molar-refractivity contribution in [1.82, 2.24) is 0 Å². The highest BCUT2D eigenvalue weighted by Gasteiger charge is 2.03. The minimum atomic E-state index is -0.456. The number of rotatable bonds is 3. The highest BCUT2D eigenvalue weighted by atomic mass is 79.9. The van der Waals surface area contributed by atoms with Crippen molar-refractivity contribution in [3.63, 3.8) is 0 Å². The maximum atomic E-state index is 12.9. The van der Waals surface area contributed by atoms with Crippen LogP contribution in [0.5, 0.6) is 0 Å². The quantitative estimate of drug-likeness (QED) is 0.448. The number of benzene rings is 1. The summed E-state index contributed by atoms with van der Waals surface area (Å²) in [6.45, 7) is 0. The summed E-state index contributed by atoms with van der Waals surface area (Å²) in [6, 6.07) is 5.60. The molecule has 0 bridgehead atoms. The van der Waals surface area contributed by atoms with E-state index in [1.54, 1.807) is 6.07 Å². The number of amidine groups is 1. The number of nitriles is 1. The van der Waals surface area contributed by atoms with Crippen LogP contribution in [0, 0.1) is 22.6 Å². The molecule has 0 heterocycles.